The fourth-order valence-electron chi connectivity index (χ4n) is 4.16. The van der Waals surface area contributed by atoms with Crippen LogP contribution in [-0.2, 0) is 0 Å². The molecular formula is C12H14. The van der Waals surface area contributed by atoms with Gasteiger partial charge in [-0.05, 0) is 48.3 Å². The molecule has 4 rings (SSSR count). The van der Waals surface area contributed by atoms with E-state index in [0.29, 0.717) is 0 Å². The van der Waals surface area contributed by atoms with Crippen molar-refractivity contribution in [1.29, 1.82) is 0 Å². The smallest absolute Gasteiger partial charge is 0.0133 e. The van der Waals surface area contributed by atoms with Gasteiger partial charge in [-0.25, -0.2) is 0 Å². The Bertz CT molecular complexity index is 256. The fraction of sp³-hybridized carbons (Fsp3) is 0.667. The predicted octanol–water partition coefficient (Wildman–Crippen LogP) is 2.63. The van der Waals surface area contributed by atoms with Crippen molar-refractivity contribution in [3.63, 3.8) is 0 Å². The summed E-state index contributed by atoms with van der Waals surface area (Å²) in [7, 11) is 0. The van der Waals surface area contributed by atoms with E-state index in [9.17, 15) is 0 Å². The third-order valence-corrected chi connectivity index (χ3v) is 4.78. The van der Waals surface area contributed by atoms with Crippen LogP contribution in [-0.4, -0.2) is 0 Å². The van der Waals surface area contributed by atoms with E-state index < -0.39 is 0 Å². The zero-order valence-corrected chi connectivity index (χ0v) is 7.19. The summed E-state index contributed by atoms with van der Waals surface area (Å²) in [5.74, 6) is 6.00. The second-order valence-electron chi connectivity index (χ2n) is 5.05. The molecule has 0 spiro atoms. The monoisotopic (exact) mass is 158 g/mol. The van der Waals surface area contributed by atoms with Crippen molar-refractivity contribution in [2.24, 2.45) is 35.5 Å². The Labute approximate surface area is 73.4 Å². The largest absolute Gasteiger partial charge is 0.0848 e. The summed E-state index contributed by atoms with van der Waals surface area (Å²) in [6.45, 7) is 0. The number of fused-ring (bicyclic) bond motifs is 9. The Morgan fingerprint density at radius 1 is 0.667 bits per heavy atom. The van der Waals surface area contributed by atoms with Gasteiger partial charge in [0.15, 0.2) is 0 Å². The van der Waals surface area contributed by atoms with Gasteiger partial charge in [-0.15, -0.1) is 0 Å². The first-order chi connectivity index (χ1) is 5.93. The first kappa shape index (κ1) is 6.01. The van der Waals surface area contributed by atoms with Crippen LogP contribution in [0.5, 0.6) is 0 Å². The van der Waals surface area contributed by atoms with E-state index in [1.807, 2.05) is 0 Å². The fourth-order valence-corrected chi connectivity index (χ4v) is 4.16. The molecule has 0 aromatic rings. The standard InChI is InChI=1S/C12H14/c1-2-8-5-7(1)11-6-12(8)10-4-3-9(10)11/h1-4,7-12H,5-6H2. The lowest BCUT2D eigenvalue weighted by atomic mass is 9.76. The molecule has 0 N–H and O–H groups in total. The predicted molar refractivity (Wildman–Crippen MR) is 48.5 cm³/mol. The molecule has 4 aliphatic carbocycles. The van der Waals surface area contributed by atoms with Gasteiger partial charge in [0.2, 0.25) is 0 Å². The first-order valence-electron chi connectivity index (χ1n) is 5.30. The molecule has 0 radical (unpaired) electrons. The third-order valence-electron chi connectivity index (χ3n) is 4.78. The van der Waals surface area contributed by atoms with Crippen molar-refractivity contribution in [3.8, 4) is 0 Å². The van der Waals surface area contributed by atoms with Crippen LogP contribution >= 0.6 is 0 Å². The minimum atomic E-state index is 0.964. The van der Waals surface area contributed by atoms with E-state index in [2.05, 4.69) is 24.3 Å². The van der Waals surface area contributed by atoms with Gasteiger partial charge >= 0.3 is 0 Å². The van der Waals surface area contributed by atoms with Crippen molar-refractivity contribution in [1.82, 2.24) is 0 Å². The highest BCUT2D eigenvalue weighted by Crippen LogP contribution is 2.61. The molecule has 0 heterocycles. The molecule has 0 aliphatic heterocycles. The van der Waals surface area contributed by atoms with E-state index in [1.54, 1.807) is 0 Å². The minimum Gasteiger partial charge on any atom is -0.0848 e. The van der Waals surface area contributed by atoms with Gasteiger partial charge in [0.05, 0.1) is 0 Å². The van der Waals surface area contributed by atoms with Gasteiger partial charge in [0.1, 0.15) is 0 Å². The van der Waals surface area contributed by atoms with Crippen molar-refractivity contribution < 1.29 is 0 Å². The van der Waals surface area contributed by atoms with Crippen molar-refractivity contribution in [3.05, 3.63) is 24.3 Å². The van der Waals surface area contributed by atoms with Crippen LogP contribution in [0.3, 0.4) is 0 Å². The maximum atomic E-state index is 2.51. The second-order valence-corrected chi connectivity index (χ2v) is 5.05. The van der Waals surface area contributed by atoms with E-state index in [1.165, 1.54) is 12.8 Å². The lowest BCUT2D eigenvalue weighted by molar-refractivity contribution is 0.250. The van der Waals surface area contributed by atoms with Gasteiger partial charge in [0, 0.05) is 0 Å². The minimum absolute atomic E-state index is 0.964. The average Bonchev–Trinajstić information content (AvgIpc) is 2.48. The molecule has 6 unspecified atom stereocenters. The zero-order valence-electron chi connectivity index (χ0n) is 7.19. The highest BCUT2D eigenvalue weighted by molar-refractivity contribution is 5.26. The topological polar surface area (TPSA) is 0 Å². The molecular weight excluding hydrogens is 144 g/mol. The summed E-state index contributed by atoms with van der Waals surface area (Å²) in [6, 6.07) is 0. The van der Waals surface area contributed by atoms with Crippen LogP contribution in [0.15, 0.2) is 24.3 Å². The number of hydrogen-bond acceptors (Lipinski definition) is 0. The number of hydrogen-bond donors (Lipinski definition) is 0. The SMILES string of the molecule is C1=CC2CC1C1CC2C2C=CC21. The Hall–Kier alpha value is -0.520. The molecule has 12 heavy (non-hydrogen) atoms. The van der Waals surface area contributed by atoms with E-state index in [-0.39, 0.29) is 0 Å². The maximum Gasteiger partial charge on any atom is -0.0133 e. The summed E-state index contributed by atoms with van der Waals surface area (Å²) < 4.78 is 0. The average molecular weight is 158 g/mol. The van der Waals surface area contributed by atoms with Crippen LogP contribution in [0.4, 0.5) is 0 Å². The summed E-state index contributed by atoms with van der Waals surface area (Å²) in [5, 5.41) is 0. The van der Waals surface area contributed by atoms with Gasteiger partial charge in [-0.1, -0.05) is 24.3 Å². The summed E-state index contributed by atoms with van der Waals surface area (Å²) in [4.78, 5) is 0. The highest BCUT2D eigenvalue weighted by atomic mass is 14.6. The van der Waals surface area contributed by atoms with Crippen LogP contribution < -0.4 is 0 Å². The van der Waals surface area contributed by atoms with Crippen molar-refractivity contribution in [2.45, 2.75) is 12.8 Å². The second kappa shape index (κ2) is 1.71. The Kier molecular flexibility index (Phi) is 0.856. The molecule has 6 atom stereocenters. The lowest BCUT2D eigenvalue weighted by Gasteiger charge is -2.29. The van der Waals surface area contributed by atoms with Crippen LogP contribution in [0.2, 0.25) is 0 Å². The number of rotatable bonds is 0. The van der Waals surface area contributed by atoms with Gasteiger partial charge in [-0.2, -0.15) is 0 Å². The molecule has 2 saturated carbocycles. The van der Waals surface area contributed by atoms with Crippen LogP contribution in [0, 0.1) is 35.5 Å². The third kappa shape index (κ3) is 0.485. The van der Waals surface area contributed by atoms with Crippen molar-refractivity contribution in [2.75, 3.05) is 0 Å². The Morgan fingerprint density at radius 2 is 1.25 bits per heavy atom. The van der Waals surface area contributed by atoms with Gasteiger partial charge in [0.25, 0.3) is 0 Å². The molecule has 4 bridgehead atoms. The summed E-state index contributed by atoms with van der Waals surface area (Å²) in [5.41, 5.74) is 0. The Balaban J connectivity index is 1.86. The van der Waals surface area contributed by atoms with Crippen LogP contribution in [0.1, 0.15) is 12.8 Å². The van der Waals surface area contributed by atoms with E-state index >= 15 is 0 Å². The van der Waals surface area contributed by atoms with Gasteiger partial charge < -0.3 is 0 Å². The van der Waals surface area contributed by atoms with Gasteiger partial charge in [-0.3, -0.25) is 0 Å². The molecule has 0 nitrogen and oxygen atoms in total. The zero-order chi connectivity index (χ0) is 7.71. The summed E-state index contributed by atoms with van der Waals surface area (Å²) in [6.07, 6.45) is 13.0. The van der Waals surface area contributed by atoms with E-state index in [4.69, 9.17) is 0 Å². The molecule has 4 aliphatic rings. The van der Waals surface area contributed by atoms with Crippen molar-refractivity contribution >= 4 is 0 Å². The molecule has 0 aromatic carbocycles. The lowest BCUT2D eigenvalue weighted by Crippen LogP contribution is -2.22. The molecule has 0 aromatic heterocycles. The molecule has 0 heteroatoms. The Morgan fingerprint density at radius 3 is 1.75 bits per heavy atom. The van der Waals surface area contributed by atoms with Crippen LogP contribution in [0.25, 0.3) is 0 Å². The normalized spacial score (nSPS) is 63.3. The molecule has 62 valence electrons. The first-order valence-corrected chi connectivity index (χ1v) is 5.30. The molecule has 0 saturated heterocycles. The highest BCUT2D eigenvalue weighted by Gasteiger charge is 2.54. The summed E-state index contributed by atoms with van der Waals surface area (Å²) >= 11 is 0. The molecule has 0 amide bonds. The van der Waals surface area contributed by atoms with E-state index in [0.717, 1.165) is 35.5 Å². The molecule has 2 fully saturated rings. The maximum absolute atomic E-state index is 2.51. The number of allylic oxidation sites excluding steroid dienone is 4. The quantitative estimate of drug-likeness (QED) is 0.475.